The predicted molar refractivity (Wildman–Crippen MR) is 151 cm³/mol. The summed E-state index contributed by atoms with van der Waals surface area (Å²) in [4.78, 5) is 30.0. The third kappa shape index (κ3) is 6.25. The van der Waals surface area contributed by atoms with E-state index in [0.29, 0.717) is 22.9 Å². The SMILES string of the molecule is N=C/C=C1\NC=C(Nc2ccccn2)C=C1Oc1ccc(NC(=O)c2cccn(-c3ccc(F)cc3)c2=O)cc1F. The maximum absolute atomic E-state index is 15.1. The van der Waals surface area contributed by atoms with Gasteiger partial charge in [0.25, 0.3) is 11.5 Å². The summed E-state index contributed by atoms with van der Waals surface area (Å²) in [5.74, 6) is -1.29. The van der Waals surface area contributed by atoms with Gasteiger partial charge in [-0.3, -0.25) is 14.2 Å². The summed E-state index contributed by atoms with van der Waals surface area (Å²) in [5, 5.41) is 16.0. The predicted octanol–water partition coefficient (Wildman–Crippen LogP) is 5.12. The van der Waals surface area contributed by atoms with E-state index in [9.17, 15) is 14.0 Å². The Kier molecular flexibility index (Phi) is 7.77. The van der Waals surface area contributed by atoms with Crippen LogP contribution in [0.5, 0.6) is 5.75 Å². The Morgan fingerprint density at radius 1 is 1.05 bits per heavy atom. The molecule has 4 aromatic rings. The number of nitrogens with zero attached hydrogens (tertiary/aromatic N) is 2. The number of dihydropyridines is 1. The molecule has 3 heterocycles. The molecule has 0 unspecified atom stereocenters. The first-order valence-electron chi connectivity index (χ1n) is 12.3. The van der Waals surface area contributed by atoms with Gasteiger partial charge in [-0.2, -0.15) is 0 Å². The van der Waals surface area contributed by atoms with E-state index >= 15 is 4.39 Å². The number of nitrogens with one attached hydrogen (secondary N) is 4. The molecule has 9 nitrogen and oxygen atoms in total. The van der Waals surface area contributed by atoms with Crippen LogP contribution in [0.3, 0.4) is 0 Å². The van der Waals surface area contributed by atoms with Crippen molar-refractivity contribution in [2.24, 2.45) is 0 Å². The molecule has 0 saturated heterocycles. The number of hydrogen-bond acceptors (Lipinski definition) is 7. The monoisotopic (exact) mass is 552 g/mol. The van der Waals surface area contributed by atoms with Gasteiger partial charge in [0.2, 0.25) is 0 Å². The molecule has 1 amide bonds. The number of pyridine rings is 2. The minimum atomic E-state index is -0.775. The minimum Gasteiger partial charge on any atom is -0.452 e. The van der Waals surface area contributed by atoms with E-state index in [0.717, 1.165) is 12.3 Å². The fourth-order valence-electron chi connectivity index (χ4n) is 3.89. The maximum Gasteiger partial charge on any atom is 0.267 e. The van der Waals surface area contributed by atoms with E-state index in [1.54, 1.807) is 30.6 Å². The van der Waals surface area contributed by atoms with Crippen LogP contribution < -0.4 is 26.2 Å². The van der Waals surface area contributed by atoms with Crippen LogP contribution in [0.4, 0.5) is 20.3 Å². The highest BCUT2D eigenvalue weighted by molar-refractivity contribution is 6.04. The Labute approximate surface area is 232 Å². The number of ether oxygens (including phenoxy) is 1. The summed E-state index contributed by atoms with van der Waals surface area (Å²) in [6, 6.07) is 17.3. The second kappa shape index (κ2) is 11.9. The fraction of sp³-hybridized carbons (Fsp3) is 0. The molecule has 0 radical (unpaired) electrons. The summed E-state index contributed by atoms with van der Waals surface area (Å²) in [6.07, 6.45) is 8.88. The van der Waals surface area contributed by atoms with Gasteiger partial charge in [-0.25, -0.2) is 13.8 Å². The average Bonchev–Trinajstić information content (AvgIpc) is 2.97. The smallest absolute Gasteiger partial charge is 0.267 e. The number of carbonyl (C=O) groups excluding carboxylic acids is 1. The molecule has 11 heteroatoms. The van der Waals surface area contributed by atoms with E-state index in [2.05, 4.69) is 20.9 Å². The number of carbonyl (C=O) groups is 1. The fourth-order valence-corrected chi connectivity index (χ4v) is 3.89. The molecule has 41 heavy (non-hydrogen) atoms. The molecule has 1 aliphatic heterocycles. The van der Waals surface area contributed by atoms with E-state index in [1.807, 2.05) is 6.07 Å². The van der Waals surface area contributed by atoms with Gasteiger partial charge in [-0.15, -0.1) is 0 Å². The summed E-state index contributed by atoms with van der Waals surface area (Å²) in [7, 11) is 0. The van der Waals surface area contributed by atoms with Gasteiger partial charge in [0.1, 0.15) is 17.2 Å². The van der Waals surface area contributed by atoms with Crippen LogP contribution in [0.15, 0.2) is 125 Å². The Morgan fingerprint density at radius 2 is 1.88 bits per heavy atom. The van der Waals surface area contributed by atoms with Gasteiger partial charge >= 0.3 is 0 Å². The Morgan fingerprint density at radius 3 is 2.61 bits per heavy atom. The van der Waals surface area contributed by atoms with Crippen LogP contribution in [0, 0.1) is 17.0 Å². The van der Waals surface area contributed by atoms with Crippen molar-refractivity contribution < 1.29 is 18.3 Å². The molecule has 0 bridgehead atoms. The summed E-state index contributed by atoms with van der Waals surface area (Å²) < 4.78 is 35.4. The van der Waals surface area contributed by atoms with Crippen molar-refractivity contribution in [3.8, 4) is 11.4 Å². The quantitative estimate of drug-likeness (QED) is 0.225. The second-order valence-electron chi connectivity index (χ2n) is 8.61. The minimum absolute atomic E-state index is 0.0971. The lowest BCUT2D eigenvalue weighted by molar-refractivity contribution is 0.102. The van der Waals surface area contributed by atoms with Gasteiger partial charge in [0, 0.05) is 48.3 Å². The van der Waals surface area contributed by atoms with Crippen LogP contribution in [0.25, 0.3) is 5.69 Å². The number of benzene rings is 2. The third-order valence-electron chi connectivity index (χ3n) is 5.83. The molecular formula is C30H22F2N6O3. The second-order valence-corrected chi connectivity index (χ2v) is 8.61. The molecule has 1 aliphatic rings. The molecule has 4 N–H and O–H groups in total. The zero-order chi connectivity index (χ0) is 28.8. The zero-order valence-corrected chi connectivity index (χ0v) is 21.3. The number of allylic oxidation sites excluding steroid dienone is 2. The molecule has 2 aromatic heterocycles. The van der Waals surface area contributed by atoms with Gasteiger partial charge in [0.05, 0.1) is 11.4 Å². The lowest BCUT2D eigenvalue weighted by Crippen LogP contribution is -2.27. The molecule has 0 spiro atoms. The van der Waals surface area contributed by atoms with Crippen molar-refractivity contribution in [2.75, 3.05) is 10.6 Å². The molecule has 0 fully saturated rings. The summed E-state index contributed by atoms with van der Waals surface area (Å²) in [5.41, 5.74) is 0.679. The van der Waals surface area contributed by atoms with Crippen molar-refractivity contribution in [3.05, 3.63) is 148 Å². The van der Waals surface area contributed by atoms with Crippen LogP contribution in [-0.2, 0) is 0 Å². The van der Waals surface area contributed by atoms with E-state index in [-0.39, 0.29) is 22.8 Å². The normalized spacial score (nSPS) is 13.5. The molecule has 2 aromatic carbocycles. The molecule has 5 rings (SSSR count). The first-order valence-corrected chi connectivity index (χ1v) is 12.3. The van der Waals surface area contributed by atoms with Gasteiger partial charge in [-0.05, 0) is 66.7 Å². The van der Waals surface area contributed by atoms with Crippen LogP contribution in [0.1, 0.15) is 10.4 Å². The van der Waals surface area contributed by atoms with Crippen molar-refractivity contribution in [2.45, 2.75) is 0 Å². The van der Waals surface area contributed by atoms with E-state index in [1.165, 1.54) is 65.4 Å². The Balaban J connectivity index is 1.33. The highest BCUT2D eigenvalue weighted by atomic mass is 19.1. The molecule has 204 valence electrons. The van der Waals surface area contributed by atoms with Crippen molar-refractivity contribution in [3.63, 3.8) is 0 Å². The molecule has 0 saturated carbocycles. The van der Waals surface area contributed by atoms with Crippen LogP contribution in [0.2, 0.25) is 0 Å². The highest BCUT2D eigenvalue weighted by Crippen LogP contribution is 2.27. The van der Waals surface area contributed by atoms with Gasteiger partial charge in [-0.1, -0.05) is 6.07 Å². The van der Waals surface area contributed by atoms with Gasteiger partial charge in [0.15, 0.2) is 17.3 Å². The number of hydrogen-bond donors (Lipinski definition) is 4. The first kappa shape index (κ1) is 26.8. The number of anilines is 2. The topological polar surface area (TPSA) is 121 Å². The number of halogens is 2. The zero-order valence-electron chi connectivity index (χ0n) is 21.3. The summed E-state index contributed by atoms with van der Waals surface area (Å²) in [6.45, 7) is 0. The third-order valence-corrected chi connectivity index (χ3v) is 5.83. The Hall–Kier alpha value is -5.84. The van der Waals surface area contributed by atoms with Crippen LogP contribution >= 0.6 is 0 Å². The van der Waals surface area contributed by atoms with Crippen molar-refractivity contribution in [1.82, 2.24) is 14.9 Å². The van der Waals surface area contributed by atoms with Gasteiger partial charge < -0.3 is 26.1 Å². The van der Waals surface area contributed by atoms with Crippen molar-refractivity contribution in [1.29, 1.82) is 5.41 Å². The summed E-state index contributed by atoms with van der Waals surface area (Å²) >= 11 is 0. The lowest BCUT2D eigenvalue weighted by Gasteiger charge is -2.20. The Bertz CT molecular complexity index is 1760. The maximum atomic E-state index is 15.1. The number of amides is 1. The van der Waals surface area contributed by atoms with E-state index in [4.69, 9.17) is 10.1 Å². The number of aromatic nitrogens is 2. The highest BCUT2D eigenvalue weighted by Gasteiger charge is 2.18. The first-order chi connectivity index (χ1) is 19.9. The largest absolute Gasteiger partial charge is 0.452 e. The molecule has 0 atom stereocenters. The molecule has 0 aliphatic carbocycles. The average molecular weight is 553 g/mol. The standard InChI is InChI=1S/C30H22F2N6O3/c31-19-6-9-22(10-7-19)38-15-3-4-23(30(38)40)29(39)37-20-8-11-26(24(32)16-20)41-27-17-21(18-35-25(27)12-13-33)36-28-5-1-2-14-34-28/h1-18,33,35H,(H,34,36)(H,37,39)/b25-12-,33-13?. The molecular weight excluding hydrogens is 530 g/mol. The van der Waals surface area contributed by atoms with Crippen molar-refractivity contribution >= 4 is 23.6 Å². The lowest BCUT2D eigenvalue weighted by atomic mass is 10.2. The number of rotatable bonds is 8. The van der Waals surface area contributed by atoms with E-state index < -0.39 is 23.1 Å². The van der Waals surface area contributed by atoms with Crippen LogP contribution in [-0.4, -0.2) is 21.7 Å².